The van der Waals surface area contributed by atoms with Crippen LogP contribution in [0, 0.1) is 0 Å². The summed E-state index contributed by atoms with van der Waals surface area (Å²) in [5.41, 5.74) is 6.30. The lowest BCUT2D eigenvalue weighted by molar-refractivity contribution is 0.0600. The van der Waals surface area contributed by atoms with Gasteiger partial charge in [0.1, 0.15) is 6.10 Å². The first-order chi connectivity index (χ1) is 9.70. The second kappa shape index (κ2) is 5.09. The lowest BCUT2D eigenvalue weighted by Crippen LogP contribution is -2.16. The van der Waals surface area contributed by atoms with Crippen LogP contribution in [0.5, 0.6) is 17.2 Å². The van der Waals surface area contributed by atoms with Gasteiger partial charge in [0.2, 0.25) is 12.5 Å². The van der Waals surface area contributed by atoms with E-state index in [1.807, 2.05) is 0 Å². The second-order valence-corrected chi connectivity index (χ2v) is 4.50. The van der Waals surface area contributed by atoms with Crippen LogP contribution in [0.25, 0.3) is 0 Å². The highest BCUT2D eigenvalue weighted by Gasteiger charge is 2.29. The number of hydrogen-bond acceptors (Lipinski definition) is 7. The molecule has 0 spiro atoms. The molecule has 1 fully saturated rings. The maximum atomic E-state index is 11.7. The van der Waals surface area contributed by atoms with Gasteiger partial charge < -0.3 is 29.4 Å². The summed E-state index contributed by atoms with van der Waals surface area (Å²) >= 11 is 0. The third-order valence-corrected chi connectivity index (χ3v) is 3.23. The first-order valence-corrected chi connectivity index (χ1v) is 6.25. The first-order valence-electron chi connectivity index (χ1n) is 6.25. The molecule has 0 aromatic heterocycles. The minimum Gasteiger partial charge on any atom is -0.484 e. The standard InChI is InChI=1S/C13H15NO6/c1-16-13(15)8-4-9(20-7-2-3-17-5-7)11-12(10(8)14)19-6-18-11/h4,7H,2-3,5-6,14H2,1H3/t7-/m0/s1. The van der Waals surface area contributed by atoms with Crippen LogP contribution in [0.1, 0.15) is 16.8 Å². The second-order valence-electron chi connectivity index (χ2n) is 4.50. The Morgan fingerprint density at radius 2 is 2.20 bits per heavy atom. The molecule has 2 aliphatic rings. The van der Waals surface area contributed by atoms with Crippen molar-refractivity contribution in [1.82, 2.24) is 0 Å². The minimum absolute atomic E-state index is 0.0433. The number of methoxy groups -OCH3 is 1. The zero-order chi connectivity index (χ0) is 14.1. The van der Waals surface area contributed by atoms with Crippen molar-refractivity contribution in [2.45, 2.75) is 12.5 Å². The molecule has 0 saturated carbocycles. The summed E-state index contributed by atoms with van der Waals surface area (Å²) in [5, 5.41) is 0. The summed E-state index contributed by atoms with van der Waals surface area (Å²) in [6, 6.07) is 1.52. The highest BCUT2D eigenvalue weighted by molar-refractivity contribution is 5.98. The van der Waals surface area contributed by atoms with Crippen LogP contribution in [0.2, 0.25) is 0 Å². The van der Waals surface area contributed by atoms with Crippen LogP contribution < -0.4 is 19.9 Å². The SMILES string of the molecule is COC(=O)c1cc(O[C@H]2CCOC2)c2c(c1N)OCO2. The van der Waals surface area contributed by atoms with Crippen molar-refractivity contribution in [2.24, 2.45) is 0 Å². The summed E-state index contributed by atoms with van der Waals surface area (Å²) in [4.78, 5) is 11.7. The van der Waals surface area contributed by atoms with Gasteiger partial charge in [-0.05, 0) is 0 Å². The van der Waals surface area contributed by atoms with Crippen molar-refractivity contribution < 1.29 is 28.5 Å². The van der Waals surface area contributed by atoms with Gasteiger partial charge in [0, 0.05) is 12.5 Å². The van der Waals surface area contributed by atoms with Crippen LogP contribution in [0.3, 0.4) is 0 Å². The molecule has 0 aliphatic carbocycles. The number of carbonyl (C=O) groups excluding carboxylic acids is 1. The Hall–Kier alpha value is -2.15. The van der Waals surface area contributed by atoms with E-state index in [-0.39, 0.29) is 24.1 Å². The van der Waals surface area contributed by atoms with E-state index in [0.717, 1.165) is 6.42 Å². The number of fused-ring (bicyclic) bond motifs is 1. The molecule has 108 valence electrons. The van der Waals surface area contributed by atoms with Gasteiger partial charge in [-0.2, -0.15) is 0 Å². The van der Waals surface area contributed by atoms with Gasteiger partial charge in [-0.25, -0.2) is 4.79 Å². The molecule has 3 rings (SSSR count). The van der Waals surface area contributed by atoms with E-state index in [4.69, 9.17) is 29.4 Å². The lowest BCUT2D eigenvalue weighted by atomic mass is 10.1. The summed E-state index contributed by atoms with van der Waals surface area (Å²) < 4.78 is 26.5. The Morgan fingerprint density at radius 3 is 2.90 bits per heavy atom. The van der Waals surface area contributed by atoms with Crippen LogP contribution in [0.4, 0.5) is 5.69 Å². The number of rotatable bonds is 3. The molecule has 2 aliphatic heterocycles. The number of carbonyl (C=O) groups is 1. The fourth-order valence-corrected chi connectivity index (χ4v) is 2.21. The molecule has 1 aromatic rings. The molecule has 7 nitrogen and oxygen atoms in total. The Labute approximate surface area is 115 Å². The van der Waals surface area contributed by atoms with Crippen LogP contribution in [-0.4, -0.2) is 39.2 Å². The Kier molecular flexibility index (Phi) is 3.27. The topological polar surface area (TPSA) is 89.2 Å². The number of esters is 1. The van der Waals surface area contributed by atoms with Gasteiger partial charge in [-0.3, -0.25) is 0 Å². The van der Waals surface area contributed by atoms with E-state index in [1.54, 1.807) is 0 Å². The molecule has 7 heteroatoms. The summed E-state index contributed by atoms with van der Waals surface area (Å²) in [6.45, 7) is 1.21. The molecule has 1 saturated heterocycles. The largest absolute Gasteiger partial charge is 0.484 e. The van der Waals surface area contributed by atoms with Crippen LogP contribution in [0.15, 0.2) is 6.07 Å². The fraction of sp³-hybridized carbons (Fsp3) is 0.462. The van der Waals surface area contributed by atoms with Gasteiger partial charge >= 0.3 is 5.97 Å². The molecule has 0 radical (unpaired) electrons. The van der Waals surface area contributed by atoms with Crippen LogP contribution in [-0.2, 0) is 9.47 Å². The van der Waals surface area contributed by atoms with E-state index < -0.39 is 5.97 Å². The third kappa shape index (κ3) is 2.09. The average molecular weight is 281 g/mol. The molecule has 1 atom stereocenters. The number of nitrogen functional groups attached to an aromatic ring is 1. The number of ether oxygens (including phenoxy) is 5. The van der Waals surface area contributed by atoms with Gasteiger partial charge in [-0.15, -0.1) is 0 Å². The molecule has 2 N–H and O–H groups in total. The quantitative estimate of drug-likeness (QED) is 0.651. The zero-order valence-corrected chi connectivity index (χ0v) is 11.0. The number of benzene rings is 1. The Balaban J connectivity index is 1.99. The molecule has 0 bridgehead atoms. The molecule has 2 heterocycles. The van der Waals surface area contributed by atoms with E-state index in [2.05, 4.69) is 0 Å². The summed E-state index contributed by atoms with van der Waals surface area (Å²) in [6.07, 6.45) is 0.713. The predicted molar refractivity (Wildman–Crippen MR) is 68.2 cm³/mol. The van der Waals surface area contributed by atoms with Crippen molar-refractivity contribution in [1.29, 1.82) is 0 Å². The molecular weight excluding hydrogens is 266 g/mol. The number of anilines is 1. The normalized spacial score (nSPS) is 19.9. The first kappa shape index (κ1) is 12.9. The highest BCUT2D eigenvalue weighted by atomic mass is 16.7. The summed E-state index contributed by atoms with van der Waals surface area (Å²) in [5.74, 6) is 0.611. The van der Waals surface area contributed by atoms with Crippen molar-refractivity contribution in [3.63, 3.8) is 0 Å². The van der Waals surface area contributed by atoms with Gasteiger partial charge in [-0.1, -0.05) is 0 Å². The smallest absolute Gasteiger partial charge is 0.340 e. The molecule has 20 heavy (non-hydrogen) atoms. The van der Waals surface area contributed by atoms with E-state index in [0.29, 0.717) is 30.5 Å². The highest BCUT2D eigenvalue weighted by Crippen LogP contribution is 2.47. The van der Waals surface area contributed by atoms with Crippen molar-refractivity contribution >= 4 is 11.7 Å². The average Bonchev–Trinajstić information content (AvgIpc) is 3.12. The summed E-state index contributed by atoms with van der Waals surface area (Å²) in [7, 11) is 1.29. The number of nitrogens with two attached hydrogens (primary N) is 1. The maximum absolute atomic E-state index is 11.7. The number of hydrogen-bond donors (Lipinski definition) is 1. The minimum atomic E-state index is -0.548. The third-order valence-electron chi connectivity index (χ3n) is 3.23. The van der Waals surface area contributed by atoms with Crippen molar-refractivity contribution in [3.8, 4) is 17.2 Å². The molecule has 0 unspecified atom stereocenters. The van der Waals surface area contributed by atoms with E-state index in [1.165, 1.54) is 13.2 Å². The molecular formula is C13H15NO6. The van der Waals surface area contributed by atoms with Gasteiger partial charge in [0.15, 0.2) is 11.5 Å². The van der Waals surface area contributed by atoms with E-state index >= 15 is 0 Å². The van der Waals surface area contributed by atoms with E-state index in [9.17, 15) is 4.79 Å². The molecule has 0 amide bonds. The maximum Gasteiger partial charge on any atom is 0.340 e. The Bertz CT molecular complexity index is 538. The predicted octanol–water partition coefficient (Wildman–Crippen LogP) is 0.952. The lowest BCUT2D eigenvalue weighted by Gasteiger charge is -2.15. The monoisotopic (exact) mass is 281 g/mol. The Morgan fingerprint density at radius 1 is 1.40 bits per heavy atom. The fourth-order valence-electron chi connectivity index (χ4n) is 2.21. The van der Waals surface area contributed by atoms with Crippen LogP contribution >= 0.6 is 0 Å². The van der Waals surface area contributed by atoms with Crippen molar-refractivity contribution in [3.05, 3.63) is 11.6 Å². The van der Waals surface area contributed by atoms with Gasteiger partial charge in [0.05, 0.1) is 31.6 Å². The van der Waals surface area contributed by atoms with Gasteiger partial charge in [0.25, 0.3) is 0 Å². The zero-order valence-electron chi connectivity index (χ0n) is 11.0. The van der Waals surface area contributed by atoms with Crippen molar-refractivity contribution in [2.75, 3.05) is 32.9 Å². The molecule has 1 aromatic carbocycles.